The van der Waals surface area contributed by atoms with E-state index in [-0.39, 0.29) is 11.9 Å². The SMILES string of the molecule is COc1ccc(-c2nn(Cc3ccccc3)cc2C(=O)N[C@@H]2CCOc3ccccc32)cc1. The number of nitrogens with one attached hydrogen (secondary N) is 1. The third-order valence-electron chi connectivity index (χ3n) is 5.82. The van der Waals surface area contributed by atoms with Gasteiger partial charge in [-0.15, -0.1) is 0 Å². The number of carbonyl (C=O) groups is 1. The Morgan fingerprint density at radius 2 is 1.82 bits per heavy atom. The van der Waals surface area contributed by atoms with Crippen LogP contribution in [-0.4, -0.2) is 29.4 Å². The molecule has 0 bridgehead atoms. The molecule has 0 radical (unpaired) electrons. The van der Waals surface area contributed by atoms with Gasteiger partial charge >= 0.3 is 0 Å². The summed E-state index contributed by atoms with van der Waals surface area (Å²) in [6.45, 7) is 1.15. The third kappa shape index (κ3) is 4.46. The molecule has 3 aromatic carbocycles. The zero-order valence-corrected chi connectivity index (χ0v) is 18.4. The third-order valence-corrected chi connectivity index (χ3v) is 5.82. The zero-order valence-electron chi connectivity index (χ0n) is 18.4. The van der Waals surface area contributed by atoms with Crippen molar-refractivity contribution in [3.8, 4) is 22.8 Å². The number of para-hydroxylation sites is 1. The van der Waals surface area contributed by atoms with Gasteiger partial charge in [-0.3, -0.25) is 9.48 Å². The Morgan fingerprint density at radius 1 is 1.06 bits per heavy atom. The molecule has 4 aromatic rings. The van der Waals surface area contributed by atoms with Crippen LogP contribution in [0.15, 0.2) is 85.1 Å². The molecule has 0 fully saturated rings. The van der Waals surface area contributed by atoms with E-state index in [1.165, 1.54) is 0 Å². The quantitative estimate of drug-likeness (QED) is 0.466. The molecule has 1 N–H and O–H groups in total. The number of hydrogen-bond donors (Lipinski definition) is 1. The minimum atomic E-state index is -0.151. The standard InChI is InChI=1S/C27H25N3O3/c1-32-21-13-11-20(12-14-21)26-23(18-30(29-26)17-19-7-3-2-4-8-19)27(31)28-24-15-16-33-25-10-6-5-9-22(24)25/h2-14,18,24H,15-17H2,1H3,(H,28,31)/t24-/m1/s1. The topological polar surface area (TPSA) is 65.4 Å². The van der Waals surface area contributed by atoms with Crippen LogP contribution in [0.1, 0.15) is 33.9 Å². The van der Waals surface area contributed by atoms with Gasteiger partial charge in [-0.1, -0.05) is 48.5 Å². The first-order valence-electron chi connectivity index (χ1n) is 11.0. The molecule has 1 aromatic heterocycles. The van der Waals surface area contributed by atoms with Crippen LogP contribution in [0.4, 0.5) is 0 Å². The van der Waals surface area contributed by atoms with Crippen LogP contribution in [0, 0.1) is 0 Å². The molecule has 0 aliphatic carbocycles. The second-order valence-electron chi connectivity index (χ2n) is 8.00. The monoisotopic (exact) mass is 439 g/mol. The van der Waals surface area contributed by atoms with Crippen molar-refractivity contribution in [2.45, 2.75) is 19.0 Å². The van der Waals surface area contributed by atoms with Crippen LogP contribution in [0.5, 0.6) is 11.5 Å². The van der Waals surface area contributed by atoms with Gasteiger partial charge in [-0.05, 0) is 35.9 Å². The van der Waals surface area contributed by atoms with Crippen LogP contribution in [0.25, 0.3) is 11.3 Å². The summed E-state index contributed by atoms with van der Waals surface area (Å²) in [5, 5.41) is 7.98. The zero-order chi connectivity index (χ0) is 22.6. The van der Waals surface area contributed by atoms with E-state index in [1.807, 2.05) is 89.7 Å². The van der Waals surface area contributed by atoms with E-state index in [2.05, 4.69) is 5.32 Å². The minimum Gasteiger partial charge on any atom is -0.497 e. The van der Waals surface area contributed by atoms with Crippen LogP contribution in [-0.2, 0) is 6.54 Å². The van der Waals surface area contributed by atoms with Gasteiger partial charge in [0.25, 0.3) is 5.91 Å². The first kappa shape index (κ1) is 20.8. The molecule has 6 nitrogen and oxygen atoms in total. The number of benzene rings is 3. The Balaban J connectivity index is 1.47. The summed E-state index contributed by atoms with van der Waals surface area (Å²) >= 11 is 0. The molecular formula is C27H25N3O3. The fourth-order valence-electron chi connectivity index (χ4n) is 4.13. The Labute approximate surface area is 192 Å². The summed E-state index contributed by atoms with van der Waals surface area (Å²) in [6, 6.07) is 25.4. The molecule has 33 heavy (non-hydrogen) atoms. The molecule has 2 heterocycles. The highest BCUT2D eigenvalue weighted by Crippen LogP contribution is 2.32. The van der Waals surface area contributed by atoms with Crippen molar-refractivity contribution in [3.05, 3.63) is 102 Å². The van der Waals surface area contributed by atoms with Gasteiger partial charge in [0.15, 0.2) is 0 Å². The molecule has 1 atom stereocenters. The van der Waals surface area contributed by atoms with Gasteiger partial charge in [-0.2, -0.15) is 5.10 Å². The normalized spacial score (nSPS) is 14.8. The molecule has 1 amide bonds. The number of aromatic nitrogens is 2. The first-order chi connectivity index (χ1) is 16.2. The van der Waals surface area contributed by atoms with E-state index in [9.17, 15) is 4.79 Å². The van der Waals surface area contributed by atoms with Crippen molar-refractivity contribution in [2.75, 3.05) is 13.7 Å². The fourth-order valence-corrected chi connectivity index (χ4v) is 4.13. The molecule has 0 saturated heterocycles. The Hall–Kier alpha value is -4.06. The van der Waals surface area contributed by atoms with Crippen LogP contribution in [0.2, 0.25) is 0 Å². The lowest BCUT2D eigenvalue weighted by Gasteiger charge is -2.26. The molecular weight excluding hydrogens is 414 g/mol. The summed E-state index contributed by atoms with van der Waals surface area (Å²) in [5.74, 6) is 1.43. The summed E-state index contributed by atoms with van der Waals surface area (Å²) in [5.41, 5.74) is 4.16. The second kappa shape index (κ2) is 9.20. The van der Waals surface area contributed by atoms with Crippen LogP contribution in [0.3, 0.4) is 0 Å². The Bertz CT molecular complexity index is 1250. The van der Waals surface area contributed by atoms with E-state index >= 15 is 0 Å². The smallest absolute Gasteiger partial charge is 0.255 e. The molecule has 6 heteroatoms. The maximum atomic E-state index is 13.5. The molecule has 0 spiro atoms. The summed E-state index contributed by atoms with van der Waals surface area (Å²) in [7, 11) is 1.63. The lowest BCUT2D eigenvalue weighted by atomic mass is 10.00. The number of amides is 1. The lowest BCUT2D eigenvalue weighted by Crippen LogP contribution is -2.32. The number of rotatable bonds is 6. The molecule has 1 aliphatic heterocycles. The van der Waals surface area contributed by atoms with Crippen molar-refractivity contribution in [2.24, 2.45) is 0 Å². The highest BCUT2D eigenvalue weighted by atomic mass is 16.5. The maximum absolute atomic E-state index is 13.5. The van der Waals surface area contributed by atoms with Gasteiger partial charge in [-0.25, -0.2) is 0 Å². The minimum absolute atomic E-state index is 0.108. The predicted molar refractivity (Wildman–Crippen MR) is 127 cm³/mol. The molecule has 1 aliphatic rings. The molecule has 5 rings (SSSR count). The van der Waals surface area contributed by atoms with E-state index < -0.39 is 0 Å². The number of ether oxygens (including phenoxy) is 2. The lowest BCUT2D eigenvalue weighted by molar-refractivity contribution is 0.0925. The number of methoxy groups -OCH3 is 1. The molecule has 166 valence electrons. The van der Waals surface area contributed by atoms with E-state index in [1.54, 1.807) is 7.11 Å². The van der Waals surface area contributed by atoms with E-state index in [0.29, 0.717) is 24.4 Å². The van der Waals surface area contributed by atoms with Crippen molar-refractivity contribution < 1.29 is 14.3 Å². The Morgan fingerprint density at radius 3 is 2.61 bits per heavy atom. The summed E-state index contributed by atoms with van der Waals surface area (Å²) < 4.78 is 12.9. The van der Waals surface area contributed by atoms with Crippen molar-refractivity contribution in [3.63, 3.8) is 0 Å². The number of hydrogen-bond acceptors (Lipinski definition) is 4. The average molecular weight is 440 g/mol. The van der Waals surface area contributed by atoms with Gasteiger partial charge < -0.3 is 14.8 Å². The van der Waals surface area contributed by atoms with Crippen molar-refractivity contribution in [1.82, 2.24) is 15.1 Å². The summed E-state index contributed by atoms with van der Waals surface area (Å²) in [6.07, 6.45) is 2.55. The van der Waals surface area contributed by atoms with Gasteiger partial charge in [0.1, 0.15) is 17.2 Å². The first-order valence-corrected chi connectivity index (χ1v) is 11.0. The van der Waals surface area contributed by atoms with Crippen LogP contribution < -0.4 is 14.8 Å². The highest BCUT2D eigenvalue weighted by molar-refractivity contribution is 6.00. The van der Waals surface area contributed by atoms with Gasteiger partial charge in [0.05, 0.1) is 31.9 Å². The highest BCUT2D eigenvalue weighted by Gasteiger charge is 2.25. The number of fused-ring (bicyclic) bond motifs is 1. The number of carbonyl (C=O) groups excluding carboxylic acids is 1. The second-order valence-corrected chi connectivity index (χ2v) is 8.00. The maximum Gasteiger partial charge on any atom is 0.255 e. The fraction of sp³-hybridized carbons (Fsp3) is 0.185. The number of nitrogens with zero attached hydrogens (tertiary/aromatic N) is 2. The molecule has 0 saturated carbocycles. The average Bonchev–Trinajstić information content (AvgIpc) is 3.29. The van der Waals surface area contributed by atoms with Crippen LogP contribution >= 0.6 is 0 Å². The summed E-state index contributed by atoms with van der Waals surface area (Å²) in [4.78, 5) is 13.5. The Kier molecular flexibility index (Phi) is 5.81. The predicted octanol–water partition coefficient (Wildman–Crippen LogP) is 4.86. The van der Waals surface area contributed by atoms with Gasteiger partial charge in [0.2, 0.25) is 0 Å². The van der Waals surface area contributed by atoms with Crippen molar-refractivity contribution >= 4 is 5.91 Å². The van der Waals surface area contributed by atoms with E-state index in [0.717, 1.165) is 34.6 Å². The van der Waals surface area contributed by atoms with E-state index in [4.69, 9.17) is 14.6 Å². The molecule has 0 unspecified atom stereocenters. The largest absolute Gasteiger partial charge is 0.497 e. The van der Waals surface area contributed by atoms with Gasteiger partial charge in [0, 0.05) is 23.7 Å². The van der Waals surface area contributed by atoms with Crippen molar-refractivity contribution in [1.29, 1.82) is 0 Å².